The second-order valence-corrected chi connectivity index (χ2v) is 7.72. The number of hydrogen-bond acceptors (Lipinski definition) is 4. The van der Waals surface area contributed by atoms with Crippen molar-refractivity contribution in [3.63, 3.8) is 0 Å². The Morgan fingerprint density at radius 3 is 2.61 bits per heavy atom. The molecule has 0 saturated carbocycles. The van der Waals surface area contributed by atoms with E-state index in [1.807, 2.05) is 49.9 Å². The number of nitrogens with one attached hydrogen (secondary N) is 1. The summed E-state index contributed by atoms with van der Waals surface area (Å²) in [7, 11) is 0. The lowest BCUT2D eigenvalue weighted by atomic mass is 10.1. The maximum absolute atomic E-state index is 13.1. The number of aryl methyl sites for hydroxylation is 2. The van der Waals surface area contributed by atoms with Gasteiger partial charge in [-0.15, -0.1) is 0 Å². The Bertz CT molecular complexity index is 948. The number of benzene rings is 1. The van der Waals surface area contributed by atoms with Gasteiger partial charge >= 0.3 is 0 Å². The van der Waals surface area contributed by atoms with E-state index in [-0.39, 0.29) is 36.4 Å². The average molecular weight is 426 g/mol. The van der Waals surface area contributed by atoms with Crippen LogP contribution in [0.5, 0.6) is 0 Å². The molecule has 0 radical (unpaired) electrons. The first kappa shape index (κ1) is 22.5. The zero-order valence-corrected chi connectivity index (χ0v) is 18.6. The number of carbonyl (C=O) groups excluding carboxylic acids is 3. The highest BCUT2D eigenvalue weighted by atomic mass is 16.2. The van der Waals surface area contributed by atoms with Gasteiger partial charge in [0, 0.05) is 51.8 Å². The number of amides is 3. The molecule has 3 rings (SSSR count). The van der Waals surface area contributed by atoms with E-state index in [0.717, 1.165) is 17.5 Å². The van der Waals surface area contributed by atoms with Crippen LogP contribution in [0.1, 0.15) is 58.8 Å². The molecule has 0 aliphatic carbocycles. The fraction of sp³-hybridized carbons (Fsp3) is 0.478. The van der Waals surface area contributed by atoms with Crippen molar-refractivity contribution < 1.29 is 14.4 Å². The molecule has 1 aromatic carbocycles. The van der Waals surface area contributed by atoms with Crippen LogP contribution in [0, 0.1) is 6.92 Å². The maximum atomic E-state index is 13.1. The van der Waals surface area contributed by atoms with E-state index in [1.165, 1.54) is 0 Å². The third kappa shape index (κ3) is 5.31. The minimum absolute atomic E-state index is 0.00736. The number of nitrogens with zero attached hydrogens (tertiary/aromatic N) is 4. The summed E-state index contributed by atoms with van der Waals surface area (Å²) in [6.45, 7) is 9.20. The highest BCUT2D eigenvalue weighted by molar-refractivity contribution is 5.98. The van der Waals surface area contributed by atoms with Gasteiger partial charge in [0.25, 0.3) is 11.8 Å². The summed E-state index contributed by atoms with van der Waals surface area (Å²) >= 11 is 0. The van der Waals surface area contributed by atoms with Gasteiger partial charge in [0.1, 0.15) is 5.69 Å². The van der Waals surface area contributed by atoms with Gasteiger partial charge in [-0.1, -0.05) is 24.3 Å². The first-order valence-electron chi connectivity index (χ1n) is 10.9. The van der Waals surface area contributed by atoms with Gasteiger partial charge in [0.15, 0.2) is 5.69 Å². The number of carbonyl (C=O) groups is 3. The average Bonchev–Trinajstić information content (AvgIpc) is 3.13. The Morgan fingerprint density at radius 1 is 1.16 bits per heavy atom. The van der Waals surface area contributed by atoms with Gasteiger partial charge in [-0.2, -0.15) is 5.10 Å². The van der Waals surface area contributed by atoms with E-state index in [1.54, 1.807) is 15.6 Å². The molecule has 8 heteroatoms. The molecular weight excluding hydrogens is 394 g/mol. The van der Waals surface area contributed by atoms with E-state index in [2.05, 4.69) is 10.4 Å². The highest BCUT2D eigenvalue weighted by Gasteiger charge is 2.26. The van der Waals surface area contributed by atoms with Crippen LogP contribution in [-0.2, 0) is 17.9 Å². The van der Waals surface area contributed by atoms with Crippen molar-refractivity contribution in [1.29, 1.82) is 0 Å². The van der Waals surface area contributed by atoms with Crippen molar-refractivity contribution >= 4 is 17.7 Å². The van der Waals surface area contributed by atoms with E-state index in [0.29, 0.717) is 38.4 Å². The highest BCUT2D eigenvalue weighted by Crippen LogP contribution is 2.18. The van der Waals surface area contributed by atoms with Crippen LogP contribution in [0.2, 0.25) is 0 Å². The van der Waals surface area contributed by atoms with Crippen molar-refractivity contribution in [2.45, 2.75) is 46.7 Å². The van der Waals surface area contributed by atoms with Gasteiger partial charge in [0.05, 0.1) is 0 Å². The quantitative estimate of drug-likeness (QED) is 0.703. The molecule has 2 heterocycles. The molecule has 3 amide bonds. The van der Waals surface area contributed by atoms with Crippen LogP contribution < -0.4 is 5.32 Å². The summed E-state index contributed by atoms with van der Waals surface area (Å²) in [5, 5.41) is 7.09. The predicted octanol–water partition coefficient (Wildman–Crippen LogP) is 2.23. The summed E-state index contributed by atoms with van der Waals surface area (Å²) in [5.74, 6) is -0.483. The SMILES string of the molecule is CCN(CC)C(=O)CCNC(=O)c1cc2n(n1)CCCN(Cc1ccccc1C)C2=O. The van der Waals surface area contributed by atoms with Crippen LogP contribution in [0.4, 0.5) is 0 Å². The molecule has 0 unspecified atom stereocenters. The van der Waals surface area contributed by atoms with Crippen LogP contribution in [0.25, 0.3) is 0 Å². The van der Waals surface area contributed by atoms with Gasteiger partial charge in [-0.25, -0.2) is 0 Å². The van der Waals surface area contributed by atoms with Crippen molar-refractivity contribution in [2.24, 2.45) is 0 Å². The third-order valence-electron chi connectivity index (χ3n) is 5.68. The summed E-state index contributed by atoms with van der Waals surface area (Å²) in [5.41, 5.74) is 2.89. The molecule has 1 aromatic heterocycles. The predicted molar refractivity (Wildman–Crippen MR) is 118 cm³/mol. The topological polar surface area (TPSA) is 87.5 Å². The summed E-state index contributed by atoms with van der Waals surface area (Å²) in [6.07, 6.45) is 1.01. The molecule has 31 heavy (non-hydrogen) atoms. The second-order valence-electron chi connectivity index (χ2n) is 7.72. The van der Waals surface area contributed by atoms with Crippen molar-refractivity contribution in [3.05, 3.63) is 52.8 Å². The number of fused-ring (bicyclic) bond motifs is 1. The molecule has 1 N–H and O–H groups in total. The monoisotopic (exact) mass is 425 g/mol. The lowest BCUT2D eigenvalue weighted by Gasteiger charge is -2.21. The maximum Gasteiger partial charge on any atom is 0.272 e. The van der Waals surface area contributed by atoms with Gasteiger partial charge in [-0.3, -0.25) is 19.1 Å². The lowest BCUT2D eigenvalue weighted by Crippen LogP contribution is -2.34. The van der Waals surface area contributed by atoms with Crippen LogP contribution in [-0.4, -0.2) is 63.5 Å². The molecule has 0 saturated heterocycles. The minimum atomic E-state index is -0.369. The molecule has 1 aliphatic heterocycles. The molecule has 0 spiro atoms. The Labute approximate surface area is 183 Å². The van der Waals surface area contributed by atoms with E-state index in [9.17, 15) is 14.4 Å². The van der Waals surface area contributed by atoms with Gasteiger partial charge in [-0.05, 0) is 38.3 Å². The number of hydrogen-bond donors (Lipinski definition) is 1. The summed E-state index contributed by atoms with van der Waals surface area (Å²) < 4.78 is 1.62. The molecule has 2 aromatic rings. The van der Waals surface area contributed by atoms with Gasteiger partial charge < -0.3 is 15.1 Å². The van der Waals surface area contributed by atoms with Gasteiger partial charge in [0.2, 0.25) is 5.91 Å². The second kappa shape index (κ2) is 10.2. The zero-order valence-electron chi connectivity index (χ0n) is 18.6. The van der Waals surface area contributed by atoms with E-state index >= 15 is 0 Å². The minimum Gasteiger partial charge on any atom is -0.350 e. The molecule has 0 bridgehead atoms. The van der Waals surface area contributed by atoms with Crippen LogP contribution in [0.3, 0.4) is 0 Å². The smallest absolute Gasteiger partial charge is 0.272 e. The molecule has 8 nitrogen and oxygen atoms in total. The Balaban J connectivity index is 1.65. The van der Waals surface area contributed by atoms with Crippen molar-refractivity contribution in [1.82, 2.24) is 24.9 Å². The summed E-state index contributed by atoms with van der Waals surface area (Å²) in [4.78, 5) is 41.3. The molecule has 0 fully saturated rings. The van der Waals surface area contributed by atoms with Crippen LogP contribution >= 0.6 is 0 Å². The van der Waals surface area contributed by atoms with Crippen molar-refractivity contribution in [3.8, 4) is 0 Å². The summed E-state index contributed by atoms with van der Waals surface area (Å²) in [6, 6.07) is 9.58. The third-order valence-corrected chi connectivity index (χ3v) is 5.68. The molecule has 1 aliphatic rings. The standard InChI is InChI=1S/C23H31N5O3/c1-4-26(5-2)21(29)11-12-24-22(30)19-15-20-23(31)27(13-8-14-28(20)25-19)16-18-10-7-6-9-17(18)3/h6-7,9-10,15H,4-5,8,11-14,16H2,1-3H3,(H,24,30). The fourth-order valence-electron chi connectivity index (χ4n) is 3.80. The zero-order chi connectivity index (χ0) is 22.4. The van der Waals surface area contributed by atoms with Crippen molar-refractivity contribution in [2.75, 3.05) is 26.2 Å². The largest absolute Gasteiger partial charge is 0.350 e. The number of rotatable bonds is 8. The normalized spacial score (nSPS) is 13.5. The fourth-order valence-corrected chi connectivity index (χ4v) is 3.80. The first-order chi connectivity index (χ1) is 14.9. The van der Waals surface area contributed by atoms with Crippen LogP contribution in [0.15, 0.2) is 30.3 Å². The Morgan fingerprint density at radius 2 is 1.90 bits per heavy atom. The molecule has 0 atom stereocenters. The van der Waals surface area contributed by atoms with E-state index in [4.69, 9.17) is 0 Å². The number of aromatic nitrogens is 2. The van der Waals surface area contributed by atoms with E-state index < -0.39 is 0 Å². The lowest BCUT2D eigenvalue weighted by molar-refractivity contribution is -0.130. The molecular formula is C23H31N5O3. The Kier molecular flexibility index (Phi) is 7.44. The Hall–Kier alpha value is -3.16. The molecule has 166 valence electrons. The first-order valence-corrected chi connectivity index (χ1v) is 10.9.